The van der Waals surface area contributed by atoms with E-state index in [2.05, 4.69) is 118 Å². The van der Waals surface area contributed by atoms with Gasteiger partial charge in [0.2, 0.25) is 0 Å². The standard InChI is InChI=1S/C36H24N4/c1-2-11-23(12-3-1)39-40-33-22-10-15-26(29-18-8-16-27-24-13-4-6-20-31(24)37-35(27)29)34(33)30-19-9-17-28-25-14-5-7-21-32(25)38-36(28)30/h1-22,37-38H. The van der Waals surface area contributed by atoms with Gasteiger partial charge >= 0.3 is 0 Å². The van der Waals surface area contributed by atoms with Crippen LogP contribution in [0.1, 0.15) is 0 Å². The van der Waals surface area contributed by atoms with E-state index < -0.39 is 0 Å². The van der Waals surface area contributed by atoms with E-state index in [1.54, 1.807) is 0 Å². The van der Waals surface area contributed by atoms with Crippen LogP contribution in [0.4, 0.5) is 11.4 Å². The van der Waals surface area contributed by atoms with Gasteiger partial charge in [0.25, 0.3) is 0 Å². The fraction of sp³-hybridized carbons (Fsp3) is 0. The Morgan fingerprint density at radius 3 is 1.60 bits per heavy atom. The van der Waals surface area contributed by atoms with Gasteiger partial charge in [-0.2, -0.15) is 5.11 Å². The molecule has 0 aliphatic heterocycles. The van der Waals surface area contributed by atoms with Crippen molar-refractivity contribution in [1.82, 2.24) is 9.97 Å². The van der Waals surface area contributed by atoms with Gasteiger partial charge in [0, 0.05) is 49.3 Å². The molecule has 2 N–H and O–H groups in total. The first-order valence-electron chi connectivity index (χ1n) is 13.4. The number of nitrogens with zero attached hydrogens (tertiary/aromatic N) is 2. The van der Waals surface area contributed by atoms with Crippen LogP contribution in [0.25, 0.3) is 65.9 Å². The number of azo groups is 1. The van der Waals surface area contributed by atoms with Gasteiger partial charge in [-0.05, 0) is 35.9 Å². The smallest absolute Gasteiger partial charge is 0.0942 e. The monoisotopic (exact) mass is 512 g/mol. The second-order valence-electron chi connectivity index (χ2n) is 10.0. The molecule has 8 rings (SSSR count). The molecule has 40 heavy (non-hydrogen) atoms. The number of hydrogen-bond donors (Lipinski definition) is 2. The number of fused-ring (bicyclic) bond motifs is 6. The summed E-state index contributed by atoms with van der Waals surface area (Å²) in [7, 11) is 0. The molecule has 0 saturated carbocycles. The van der Waals surface area contributed by atoms with Crippen molar-refractivity contribution in [3.05, 3.63) is 133 Å². The lowest BCUT2D eigenvalue weighted by molar-refractivity contribution is 1.23. The van der Waals surface area contributed by atoms with E-state index >= 15 is 0 Å². The third kappa shape index (κ3) is 3.54. The molecule has 0 fully saturated rings. The van der Waals surface area contributed by atoms with Gasteiger partial charge in [-0.3, -0.25) is 0 Å². The van der Waals surface area contributed by atoms with Gasteiger partial charge in [-0.1, -0.05) is 103 Å². The molecule has 6 aromatic carbocycles. The van der Waals surface area contributed by atoms with E-state index in [9.17, 15) is 0 Å². The van der Waals surface area contributed by atoms with Crippen LogP contribution in [0.3, 0.4) is 0 Å². The number of benzene rings is 6. The maximum absolute atomic E-state index is 4.82. The summed E-state index contributed by atoms with van der Waals surface area (Å²) in [5.41, 5.74) is 10.5. The summed E-state index contributed by atoms with van der Waals surface area (Å²) in [6.07, 6.45) is 0. The van der Waals surface area contributed by atoms with Crippen LogP contribution in [-0.2, 0) is 0 Å². The minimum Gasteiger partial charge on any atom is -0.354 e. The summed E-state index contributed by atoms with van der Waals surface area (Å²) in [6.45, 7) is 0. The number of rotatable bonds is 4. The first kappa shape index (κ1) is 22.5. The van der Waals surface area contributed by atoms with E-state index in [0.29, 0.717) is 0 Å². The highest BCUT2D eigenvalue weighted by Gasteiger charge is 2.19. The zero-order valence-electron chi connectivity index (χ0n) is 21.6. The number of aromatic amines is 2. The molecule has 0 spiro atoms. The Bertz CT molecular complexity index is 2220. The molecule has 188 valence electrons. The van der Waals surface area contributed by atoms with Gasteiger partial charge in [0.1, 0.15) is 0 Å². The number of H-pyrrole nitrogens is 2. The van der Waals surface area contributed by atoms with Crippen molar-refractivity contribution < 1.29 is 0 Å². The van der Waals surface area contributed by atoms with Crippen molar-refractivity contribution in [2.75, 3.05) is 0 Å². The molecule has 2 aromatic heterocycles. The zero-order valence-corrected chi connectivity index (χ0v) is 21.6. The minimum atomic E-state index is 0.820. The lowest BCUT2D eigenvalue weighted by Crippen LogP contribution is -1.89. The number of para-hydroxylation sites is 4. The third-order valence-corrected chi connectivity index (χ3v) is 7.71. The maximum atomic E-state index is 4.82. The Kier molecular flexibility index (Phi) is 5.10. The maximum Gasteiger partial charge on any atom is 0.0942 e. The first-order chi connectivity index (χ1) is 19.8. The summed E-state index contributed by atoms with van der Waals surface area (Å²) in [5, 5.41) is 14.3. The van der Waals surface area contributed by atoms with Gasteiger partial charge in [-0.25, -0.2) is 0 Å². The average molecular weight is 513 g/mol. The summed E-state index contributed by atoms with van der Waals surface area (Å²) in [5.74, 6) is 0. The Morgan fingerprint density at radius 1 is 0.375 bits per heavy atom. The highest BCUT2D eigenvalue weighted by molar-refractivity contribution is 6.16. The minimum absolute atomic E-state index is 0.820. The molecular formula is C36H24N4. The molecular weight excluding hydrogens is 488 g/mol. The van der Waals surface area contributed by atoms with Crippen molar-refractivity contribution in [3.8, 4) is 22.3 Å². The summed E-state index contributed by atoms with van der Waals surface area (Å²) in [4.78, 5) is 7.40. The van der Waals surface area contributed by atoms with Crippen LogP contribution in [0, 0.1) is 0 Å². The molecule has 4 heteroatoms. The topological polar surface area (TPSA) is 56.3 Å². The Morgan fingerprint density at radius 2 is 0.900 bits per heavy atom. The van der Waals surface area contributed by atoms with Crippen LogP contribution in [-0.4, -0.2) is 9.97 Å². The lowest BCUT2D eigenvalue weighted by atomic mass is 9.91. The van der Waals surface area contributed by atoms with Crippen molar-refractivity contribution >= 4 is 55.0 Å². The Balaban J connectivity index is 1.45. The molecule has 0 amide bonds. The first-order valence-corrected chi connectivity index (χ1v) is 13.4. The SMILES string of the molecule is c1ccc(N=Nc2cccc(-c3cccc4c3[nH]c3ccccc34)c2-c2cccc3c2[nH]c2ccccc23)cc1. The summed E-state index contributed by atoms with van der Waals surface area (Å²) in [6, 6.07) is 46.2. The van der Waals surface area contributed by atoms with Gasteiger partial charge < -0.3 is 9.97 Å². The summed E-state index contributed by atoms with van der Waals surface area (Å²) >= 11 is 0. The predicted molar refractivity (Wildman–Crippen MR) is 167 cm³/mol. The number of aromatic nitrogens is 2. The average Bonchev–Trinajstić information content (AvgIpc) is 3.59. The molecule has 0 radical (unpaired) electrons. The zero-order chi connectivity index (χ0) is 26.5. The van der Waals surface area contributed by atoms with Crippen LogP contribution in [0.15, 0.2) is 144 Å². The van der Waals surface area contributed by atoms with E-state index in [1.165, 1.54) is 21.5 Å². The van der Waals surface area contributed by atoms with Crippen LogP contribution in [0.2, 0.25) is 0 Å². The second kappa shape index (κ2) is 9.07. The molecule has 0 atom stereocenters. The van der Waals surface area contributed by atoms with E-state index in [1.807, 2.05) is 30.3 Å². The summed E-state index contributed by atoms with van der Waals surface area (Å²) < 4.78 is 0. The van der Waals surface area contributed by atoms with E-state index in [0.717, 1.165) is 55.7 Å². The molecule has 2 heterocycles. The Labute approximate surface area is 230 Å². The fourth-order valence-corrected chi connectivity index (χ4v) is 5.92. The van der Waals surface area contributed by atoms with Crippen molar-refractivity contribution in [2.24, 2.45) is 10.2 Å². The van der Waals surface area contributed by atoms with E-state index in [4.69, 9.17) is 5.11 Å². The second-order valence-corrected chi connectivity index (χ2v) is 10.0. The van der Waals surface area contributed by atoms with Gasteiger partial charge in [-0.15, -0.1) is 5.11 Å². The van der Waals surface area contributed by atoms with Crippen LogP contribution in [0.5, 0.6) is 0 Å². The highest BCUT2D eigenvalue weighted by atomic mass is 15.1. The lowest BCUT2D eigenvalue weighted by Gasteiger charge is -2.15. The Hall–Kier alpha value is -5.48. The van der Waals surface area contributed by atoms with Gasteiger partial charge in [0.15, 0.2) is 0 Å². The van der Waals surface area contributed by atoms with Crippen molar-refractivity contribution in [3.63, 3.8) is 0 Å². The normalized spacial score (nSPS) is 11.9. The molecule has 0 bridgehead atoms. The molecule has 8 aromatic rings. The number of nitrogens with one attached hydrogen (secondary N) is 2. The molecule has 4 nitrogen and oxygen atoms in total. The van der Waals surface area contributed by atoms with Crippen molar-refractivity contribution in [2.45, 2.75) is 0 Å². The predicted octanol–water partition coefficient (Wildman–Crippen LogP) is 10.7. The third-order valence-electron chi connectivity index (χ3n) is 7.71. The molecule has 0 unspecified atom stereocenters. The van der Waals surface area contributed by atoms with Crippen LogP contribution >= 0.6 is 0 Å². The molecule has 0 aliphatic rings. The van der Waals surface area contributed by atoms with Crippen LogP contribution < -0.4 is 0 Å². The van der Waals surface area contributed by atoms with Gasteiger partial charge in [0.05, 0.1) is 22.4 Å². The largest absolute Gasteiger partial charge is 0.354 e. The number of hydrogen-bond acceptors (Lipinski definition) is 2. The molecule has 0 aliphatic carbocycles. The van der Waals surface area contributed by atoms with E-state index in [-0.39, 0.29) is 0 Å². The quantitative estimate of drug-likeness (QED) is 0.220. The highest BCUT2D eigenvalue weighted by Crippen LogP contribution is 2.45. The fourth-order valence-electron chi connectivity index (χ4n) is 5.92. The van der Waals surface area contributed by atoms with Crippen molar-refractivity contribution in [1.29, 1.82) is 0 Å². The molecule has 0 saturated heterocycles.